The zero-order chi connectivity index (χ0) is 11.2. The van der Waals surface area contributed by atoms with Gasteiger partial charge in [0, 0.05) is 5.54 Å². The van der Waals surface area contributed by atoms with Crippen LogP contribution in [0, 0.1) is 0 Å². The van der Waals surface area contributed by atoms with E-state index in [1.54, 1.807) is 0 Å². The molecule has 1 aliphatic carbocycles. The molecule has 6 heteroatoms. The Morgan fingerprint density at radius 2 is 1.50 bits per heavy atom. The summed E-state index contributed by atoms with van der Waals surface area (Å²) in [5, 5.41) is 23.5. The molecule has 82 valence electrons. The van der Waals surface area contributed by atoms with E-state index in [1.807, 2.05) is 0 Å². The standard InChI is InChI=1S/C6H13NO.C2H2O4/c7-6(5-8)3-1-2-4-6;3-1(4)2(5)6/h8H,1-5,7H2;(H,3,4)(H,5,6). The maximum atomic E-state index is 9.10. The third-order valence-electron chi connectivity index (χ3n) is 2.10. The van der Waals surface area contributed by atoms with E-state index >= 15 is 0 Å². The lowest BCUT2D eigenvalue weighted by Gasteiger charge is -2.18. The summed E-state index contributed by atoms with van der Waals surface area (Å²) in [5.74, 6) is -3.65. The van der Waals surface area contributed by atoms with Crippen LogP contribution in [0.3, 0.4) is 0 Å². The molecule has 0 spiro atoms. The zero-order valence-electron chi connectivity index (χ0n) is 7.77. The molecule has 1 aliphatic rings. The molecule has 6 nitrogen and oxygen atoms in total. The number of carbonyl (C=O) groups is 2. The molecule has 0 heterocycles. The van der Waals surface area contributed by atoms with Crippen molar-refractivity contribution in [2.45, 2.75) is 31.2 Å². The van der Waals surface area contributed by atoms with Gasteiger partial charge in [0.2, 0.25) is 0 Å². The topological polar surface area (TPSA) is 121 Å². The lowest BCUT2D eigenvalue weighted by Crippen LogP contribution is -2.40. The number of hydrogen-bond donors (Lipinski definition) is 4. The summed E-state index contributed by atoms with van der Waals surface area (Å²) in [6.45, 7) is 0.160. The first-order valence-electron chi connectivity index (χ1n) is 4.27. The van der Waals surface area contributed by atoms with Crippen molar-refractivity contribution in [3.05, 3.63) is 0 Å². The number of carboxylic acids is 2. The number of aliphatic carboxylic acids is 2. The van der Waals surface area contributed by atoms with E-state index in [4.69, 9.17) is 30.6 Å². The Labute approximate surface area is 81.3 Å². The zero-order valence-corrected chi connectivity index (χ0v) is 7.77. The molecular formula is C8H15NO5. The summed E-state index contributed by atoms with van der Waals surface area (Å²) >= 11 is 0. The summed E-state index contributed by atoms with van der Waals surface area (Å²) in [4.78, 5) is 18.2. The van der Waals surface area contributed by atoms with Crippen LogP contribution in [-0.4, -0.2) is 39.4 Å². The number of aliphatic hydroxyl groups is 1. The molecule has 1 saturated carbocycles. The number of nitrogens with two attached hydrogens (primary N) is 1. The predicted octanol–water partition coefficient (Wildman–Crippen LogP) is -0.594. The summed E-state index contributed by atoms with van der Waals surface area (Å²) < 4.78 is 0. The molecule has 1 rings (SSSR count). The van der Waals surface area contributed by atoms with E-state index in [0.29, 0.717) is 0 Å². The Morgan fingerprint density at radius 1 is 1.14 bits per heavy atom. The van der Waals surface area contributed by atoms with Crippen molar-refractivity contribution in [1.29, 1.82) is 0 Å². The number of hydrogen-bond acceptors (Lipinski definition) is 4. The van der Waals surface area contributed by atoms with E-state index in [9.17, 15) is 0 Å². The van der Waals surface area contributed by atoms with Crippen LogP contribution in [0.15, 0.2) is 0 Å². The molecule has 0 saturated heterocycles. The lowest BCUT2D eigenvalue weighted by atomic mass is 10.0. The van der Waals surface area contributed by atoms with Gasteiger partial charge in [0.05, 0.1) is 6.61 Å². The van der Waals surface area contributed by atoms with Gasteiger partial charge in [-0.05, 0) is 12.8 Å². The van der Waals surface area contributed by atoms with Crippen LogP contribution in [0.1, 0.15) is 25.7 Å². The highest BCUT2D eigenvalue weighted by molar-refractivity contribution is 6.27. The van der Waals surface area contributed by atoms with E-state index in [2.05, 4.69) is 0 Å². The van der Waals surface area contributed by atoms with Gasteiger partial charge >= 0.3 is 11.9 Å². The monoisotopic (exact) mass is 205 g/mol. The maximum absolute atomic E-state index is 9.10. The third kappa shape index (κ3) is 4.78. The first-order chi connectivity index (χ1) is 6.41. The minimum absolute atomic E-state index is 0.160. The van der Waals surface area contributed by atoms with Crippen LogP contribution < -0.4 is 5.73 Å². The highest BCUT2D eigenvalue weighted by atomic mass is 16.4. The fourth-order valence-corrected chi connectivity index (χ4v) is 1.24. The second-order valence-corrected chi connectivity index (χ2v) is 3.34. The molecule has 0 aliphatic heterocycles. The van der Waals surface area contributed by atoms with Gasteiger partial charge in [-0.3, -0.25) is 0 Å². The summed E-state index contributed by atoms with van der Waals surface area (Å²) in [5.41, 5.74) is 5.50. The van der Waals surface area contributed by atoms with Crippen molar-refractivity contribution in [2.75, 3.05) is 6.61 Å². The molecule has 0 aromatic heterocycles. The molecule has 0 amide bonds. The molecule has 0 aromatic carbocycles. The van der Waals surface area contributed by atoms with Crippen LogP contribution in [-0.2, 0) is 9.59 Å². The molecule has 14 heavy (non-hydrogen) atoms. The molecule has 0 unspecified atom stereocenters. The predicted molar refractivity (Wildman–Crippen MR) is 47.7 cm³/mol. The van der Waals surface area contributed by atoms with Gasteiger partial charge < -0.3 is 21.1 Å². The van der Waals surface area contributed by atoms with Gasteiger partial charge in [-0.1, -0.05) is 12.8 Å². The Kier molecular flexibility index (Phi) is 5.11. The Balaban J connectivity index is 0.000000255. The van der Waals surface area contributed by atoms with Crippen molar-refractivity contribution in [2.24, 2.45) is 5.73 Å². The Bertz CT molecular complexity index is 198. The van der Waals surface area contributed by atoms with Gasteiger partial charge in [0.1, 0.15) is 0 Å². The second-order valence-electron chi connectivity index (χ2n) is 3.34. The smallest absolute Gasteiger partial charge is 0.414 e. The highest BCUT2D eigenvalue weighted by Gasteiger charge is 2.27. The van der Waals surface area contributed by atoms with Crippen molar-refractivity contribution in [1.82, 2.24) is 0 Å². The largest absolute Gasteiger partial charge is 0.473 e. The molecule has 0 bridgehead atoms. The SMILES string of the molecule is NC1(CO)CCCC1.O=C(O)C(=O)O. The van der Waals surface area contributed by atoms with Gasteiger partial charge in [0.15, 0.2) is 0 Å². The van der Waals surface area contributed by atoms with Crippen molar-refractivity contribution in [3.8, 4) is 0 Å². The first-order valence-corrected chi connectivity index (χ1v) is 4.27. The van der Waals surface area contributed by atoms with Gasteiger partial charge in [-0.15, -0.1) is 0 Å². The number of carboxylic acid groups (broad SMARTS) is 2. The lowest BCUT2D eigenvalue weighted by molar-refractivity contribution is -0.159. The number of aliphatic hydroxyl groups excluding tert-OH is 1. The molecule has 0 atom stereocenters. The van der Waals surface area contributed by atoms with Gasteiger partial charge in [0.25, 0.3) is 0 Å². The van der Waals surface area contributed by atoms with E-state index in [1.165, 1.54) is 12.8 Å². The van der Waals surface area contributed by atoms with Crippen molar-refractivity contribution in [3.63, 3.8) is 0 Å². The van der Waals surface area contributed by atoms with E-state index in [0.717, 1.165) is 12.8 Å². The fraction of sp³-hybridized carbons (Fsp3) is 0.750. The van der Waals surface area contributed by atoms with E-state index in [-0.39, 0.29) is 12.1 Å². The quantitative estimate of drug-likeness (QED) is 0.424. The molecule has 0 aromatic rings. The van der Waals surface area contributed by atoms with Crippen molar-refractivity contribution < 1.29 is 24.9 Å². The van der Waals surface area contributed by atoms with E-state index < -0.39 is 11.9 Å². The van der Waals surface area contributed by atoms with Gasteiger partial charge in [-0.2, -0.15) is 0 Å². The average Bonchev–Trinajstić information content (AvgIpc) is 2.54. The van der Waals surface area contributed by atoms with Crippen LogP contribution in [0.4, 0.5) is 0 Å². The fourth-order valence-electron chi connectivity index (χ4n) is 1.24. The summed E-state index contributed by atoms with van der Waals surface area (Å²) in [7, 11) is 0. The van der Waals surface area contributed by atoms with Crippen LogP contribution in [0.2, 0.25) is 0 Å². The van der Waals surface area contributed by atoms with Crippen molar-refractivity contribution >= 4 is 11.9 Å². The summed E-state index contributed by atoms with van der Waals surface area (Å²) in [6.07, 6.45) is 4.39. The second kappa shape index (κ2) is 5.56. The normalized spacial score (nSPS) is 18.1. The Hall–Kier alpha value is -1.14. The molecular weight excluding hydrogens is 190 g/mol. The minimum Gasteiger partial charge on any atom is -0.473 e. The molecule has 1 fully saturated rings. The highest BCUT2D eigenvalue weighted by Crippen LogP contribution is 2.25. The van der Waals surface area contributed by atoms with Gasteiger partial charge in [-0.25, -0.2) is 9.59 Å². The Morgan fingerprint density at radius 3 is 1.64 bits per heavy atom. The van der Waals surface area contributed by atoms with Crippen LogP contribution in [0.5, 0.6) is 0 Å². The first kappa shape index (κ1) is 12.9. The third-order valence-corrected chi connectivity index (χ3v) is 2.10. The molecule has 0 radical (unpaired) electrons. The molecule has 5 N–H and O–H groups in total. The number of rotatable bonds is 1. The average molecular weight is 205 g/mol. The minimum atomic E-state index is -1.82. The maximum Gasteiger partial charge on any atom is 0.414 e. The summed E-state index contributed by atoms with van der Waals surface area (Å²) in [6, 6.07) is 0. The van der Waals surface area contributed by atoms with Crippen LogP contribution in [0.25, 0.3) is 0 Å². The van der Waals surface area contributed by atoms with Crippen LogP contribution >= 0.6 is 0 Å².